The number of nitrogens with one attached hydrogen (secondary N) is 1. The third-order valence-corrected chi connectivity index (χ3v) is 4.90. The minimum Gasteiger partial charge on any atom is -0.317 e. The lowest BCUT2D eigenvalue weighted by atomic mass is 9.95. The molecule has 1 unspecified atom stereocenters. The Kier molecular flexibility index (Phi) is 5.74. The average Bonchev–Trinajstić information content (AvgIpc) is 2.40. The van der Waals surface area contributed by atoms with Crippen molar-refractivity contribution in [2.45, 2.75) is 38.1 Å². The molecule has 3 rings (SSSR count). The van der Waals surface area contributed by atoms with E-state index in [2.05, 4.69) is 15.1 Å². The van der Waals surface area contributed by atoms with Crippen LogP contribution in [0.5, 0.6) is 0 Å². The van der Waals surface area contributed by atoms with Gasteiger partial charge in [-0.05, 0) is 51.2 Å². The average molecular weight is 274 g/mol. The minimum atomic E-state index is 0. The number of nitrogens with zero attached hydrogens (tertiary/aromatic N) is 2. The quantitative estimate of drug-likeness (QED) is 0.824. The maximum Gasteiger partial charge on any atom is 0.0223 e. The first-order valence-corrected chi connectivity index (χ1v) is 7.59. The van der Waals surface area contributed by atoms with Gasteiger partial charge in [0.15, 0.2) is 0 Å². The number of halogens is 1. The van der Waals surface area contributed by atoms with E-state index in [1.807, 2.05) is 0 Å². The Morgan fingerprint density at radius 1 is 0.944 bits per heavy atom. The monoisotopic (exact) mass is 273 g/mol. The zero-order valence-corrected chi connectivity index (χ0v) is 12.3. The molecule has 0 aromatic heterocycles. The molecule has 0 aromatic rings. The number of piperazine rings is 1. The molecule has 3 aliphatic rings. The summed E-state index contributed by atoms with van der Waals surface area (Å²) >= 11 is 0. The van der Waals surface area contributed by atoms with Crippen LogP contribution in [0.25, 0.3) is 0 Å². The zero-order chi connectivity index (χ0) is 11.5. The molecule has 0 radical (unpaired) electrons. The molecule has 1 atom stereocenters. The van der Waals surface area contributed by atoms with E-state index in [1.54, 1.807) is 0 Å². The fourth-order valence-electron chi connectivity index (χ4n) is 3.82. The van der Waals surface area contributed by atoms with Gasteiger partial charge in [-0.25, -0.2) is 0 Å². The lowest BCUT2D eigenvalue weighted by molar-refractivity contribution is 0.0393. The van der Waals surface area contributed by atoms with Crippen LogP contribution < -0.4 is 5.32 Å². The topological polar surface area (TPSA) is 18.5 Å². The second-order valence-corrected chi connectivity index (χ2v) is 6.14. The largest absolute Gasteiger partial charge is 0.317 e. The van der Waals surface area contributed by atoms with E-state index < -0.39 is 0 Å². The summed E-state index contributed by atoms with van der Waals surface area (Å²) < 4.78 is 0. The summed E-state index contributed by atoms with van der Waals surface area (Å²) in [7, 11) is 0. The van der Waals surface area contributed by atoms with Gasteiger partial charge in [0.2, 0.25) is 0 Å². The van der Waals surface area contributed by atoms with Crippen LogP contribution in [0.4, 0.5) is 0 Å². The molecule has 1 N–H and O–H groups in total. The summed E-state index contributed by atoms with van der Waals surface area (Å²) in [4.78, 5) is 5.49. The van der Waals surface area contributed by atoms with Gasteiger partial charge in [0.05, 0.1) is 0 Å². The Labute approximate surface area is 118 Å². The maximum absolute atomic E-state index is 3.47. The van der Waals surface area contributed by atoms with Crippen LogP contribution in [-0.4, -0.2) is 61.7 Å². The minimum absolute atomic E-state index is 0. The van der Waals surface area contributed by atoms with E-state index in [0.717, 1.165) is 12.0 Å². The van der Waals surface area contributed by atoms with E-state index in [4.69, 9.17) is 0 Å². The first-order chi connectivity index (χ1) is 8.42. The highest BCUT2D eigenvalue weighted by molar-refractivity contribution is 5.85. The molecule has 3 fully saturated rings. The van der Waals surface area contributed by atoms with Gasteiger partial charge >= 0.3 is 0 Å². The van der Waals surface area contributed by atoms with E-state index in [9.17, 15) is 0 Å². The van der Waals surface area contributed by atoms with Crippen LogP contribution in [0.2, 0.25) is 0 Å². The number of hydrogen-bond donors (Lipinski definition) is 1. The summed E-state index contributed by atoms with van der Waals surface area (Å²) in [5.41, 5.74) is 0. The molecule has 0 saturated carbocycles. The first kappa shape index (κ1) is 14.6. The van der Waals surface area contributed by atoms with Gasteiger partial charge in [0.25, 0.3) is 0 Å². The van der Waals surface area contributed by atoms with Crippen LogP contribution in [-0.2, 0) is 0 Å². The van der Waals surface area contributed by atoms with Gasteiger partial charge in [-0.1, -0.05) is 6.42 Å². The molecule has 0 spiro atoms. The highest BCUT2D eigenvalue weighted by Crippen LogP contribution is 2.22. The molecule has 3 nitrogen and oxygen atoms in total. The summed E-state index contributed by atoms with van der Waals surface area (Å²) in [6, 6.07) is 0.888. The van der Waals surface area contributed by atoms with Gasteiger partial charge in [-0.2, -0.15) is 0 Å². The van der Waals surface area contributed by atoms with Gasteiger partial charge in [-0.3, -0.25) is 4.90 Å². The number of hydrogen-bond acceptors (Lipinski definition) is 3. The van der Waals surface area contributed by atoms with Crippen molar-refractivity contribution in [3.05, 3.63) is 0 Å². The van der Waals surface area contributed by atoms with Gasteiger partial charge in [0, 0.05) is 32.2 Å². The summed E-state index contributed by atoms with van der Waals surface area (Å²) in [6.45, 7) is 9.22. The van der Waals surface area contributed by atoms with Crippen LogP contribution in [0.3, 0.4) is 0 Å². The van der Waals surface area contributed by atoms with Crippen molar-refractivity contribution in [1.29, 1.82) is 0 Å². The Hall–Kier alpha value is 0.170. The lowest BCUT2D eigenvalue weighted by Crippen LogP contribution is -2.55. The normalized spacial score (nSPS) is 31.7. The molecular weight excluding hydrogens is 246 g/mol. The Balaban J connectivity index is 0.00000120. The number of rotatable bonds is 2. The fraction of sp³-hybridized carbons (Fsp3) is 1.00. The van der Waals surface area contributed by atoms with Crippen molar-refractivity contribution >= 4 is 12.4 Å². The molecule has 4 heteroatoms. The number of fused-ring (bicyclic) bond motifs is 1. The molecule has 18 heavy (non-hydrogen) atoms. The SMILES string of the molecule is C1CCN2CCN(CC3CCNCC3)CC2C1.Cl. The molecule has 106 valence electrons. The highest BCUT2D eigenvalue weighted by atomic mass is 35.5. The van der Waals surface area contributed by atoms with E-state index >= 15 is 0 Å². The molecule has 0 aliphatic carbocycles. The molecule has 0 amide bonds. The summed E-state index contributed by atoms with van der Waals surface area (Å²) in [6.07, 6.45) is 7.13. The summed E-state index contributed by atoms with van der Waals surface area (Å²) in [5.74, 6) is 0.964. The van der Waals surface area contributed by atoms with Gasteiger partial charge in [-0.15, -0.1) is 12.4 Å². The van der Waals surface area contributed by atoms with Gasteiger partial charge < -0.3 is 10.2 Å². The molecule has 3 saturated heterocycles. The van der Waals surface area contributed by atoms with Gasteiger partial charge in [0.1, 0.15) is 0 Å². The second-order valence-electron chi connectivity index (χ2n) is 6.14. The lowest BCUT2D eigenvalue weighted by Gasteiger charge is -2.45. The van der Waals surface area contributed by atoms with Crippen molar-refractivity contribution in [2.24, 2.45) is 5.92 Å². The maximum atomic E-state index is 3.47. The first-order valence-electron chi connectivity index (χ1n) is 7.59. The zero-order valence-electron chi connectivity index (χ0n) is 11.4. The van der Waals surface area contributed by atoms with E-state index in [-0.39, 0.29) is 12.4 Å². The van der Waals surface area contributed by atoms with Crippen LogP contribution in [0.1, 0.15) is 32.1 Å². The smallest absolute Gasteiger partial charge is 0.0223 e. The molecule has 0 bridgehead atoms. The van der Waals surface area contributed by atoms with Crippen molar-refractivity contribution in [3.8, 4) is 0 Å². The van der Waals surface area contributed by atoms with Crippen LogP contribution >= 0.6 is 12.4 Å². The van der Waals surface area contributed by atoms with E-state index in [0.29, 0.717) is 0 Å². The van der Waals surface area contributed by atoms with Crippen LogP contribution in [0.15, 0.2) is 0 Å². The number of piperidine rings is 2. The van der Waals surface area contributed by atoms with Crippen molar-refractivity contribution in [3.63, 3.8) is 0 Å². The predicted molar refractivity (Wildman–Crippen MR) is 78.5 cm³/mol. The standard InChI is InChI=1S/C14H27N3.ClH/c1-2-8-17-10-9-16(12-14(17)3-1)11-13-4-6-15-7-5-13;/h13-15H,1-12H2;1H. The molecule has 3 heterocycles. The molecular formula is C14H28ClN3. The Bertz CT molecular complexity index is 241. The van der Waals surface area contributed by atoms with E-state index in [1.165, 1.54) is 77.9 Å². The Morgan fingerprint density at radius 2 is 1.78 bits per heavy atom. The summed E-state index contributed by atoms with van der Waals surface area (Å²) in [5, 5.41) is 3.47. The molecule has 0 aromatic carbocycles. The molecule has 3 aliphatic heterocycles. The van der Waals surface area contributed by atoms with Crippen molar-refractivity contribution in [1.82, 2.24) is 15.1 Å². The van der Waals surface area contributed by atoms with Crippen LogP contribution in [0, 0.1) is 5.92 Å². The third-order valence-electron chi connectivity index (χ3n) is 4.90. The predicted octanol–water partition coefficient (Wildman–Crippen LogP) is 1.58. The second kappa shape index (κ2) is 7.09. The third kappa shape index (κ3) is 3.60. The highest BCUT2D eigenvalue weighted by Gasteiger charge is 2.29. The van der Waals surface area contributed by atoms with Crippen molar-refractivity contribution in [2.75, 3.05) is 45.8 Å². The van der Waals surface area contributed by atoms with Crippen molar-refractivity contribution < 1.29 is 0 Å². The Morgan fingerprint density at radius 3 is 2.61 bits per heavy atom. The fourth-order valence-corrected chi connectivity index (χ4v) is 3.82.